The van der Waals surface area contributed by atoms with Crippen LogP contribution in [0.2, 0.25) is 0 Å². The Balaban J connectivity index is 2.47. The second-order valence-corrected chi connectivity index (χ2v) is 4.28. The average Bonchev–Trinajstić information content (AvgIpc) is 2.39. The van der Waals surface area contributed by atoms with Crippen molar-refractivity contribution >= 4 is 0 Å². The quantitative estimate of drug-likeness (QED) is 0.635. The van der Waals surface area contributed by atoms with Crippen molar-refractivity contribution in [2.24, 2.45) is 0 Å². The molecule has 96 valence electrons. The van der Waals surface area contributed by atoms with Crippen LogP contribution in [0.1, 0.15) is 44.6 Å². The lowest BCUT2D eigenvalue weighted by Gasteiger charge is -2.15. The minimum absolute atomic E-state index is 0.595. The first-order chi connectivity index (χ1) is 8.31. The Labute approximate surface area is 105 Å². The SMILES string of the molecule is CCCOCCC(CC)c1ccc(OC)cc1. The molecule has 1 aromatic carbocycles. The van der Waals surface area contributed by atoms with Gasteiger partial charge in [-0.3, -0.25) is 0 Å². The van der Waals surface area contributed by atoms with Gasteiger partial charge in [0.25, 0.3) is 0 Å². The standard InChI is InChI=1S/C15H24O2/c1-4-11-17-12-10-13(5-2)14-6-8-15(16-3)9-7-14/h6-9,13H,4-5,10-12H2,1-3H3. The molecule has 0 aliphatic carbocycles. The van der Waals surface area contributed by atoms with E-state index in [4.69, 9.17) is 9.47 Å². The number of hydrogen-bond donors (Lipinski definition) is 0. The van der Waals surface area contributed by atoms with Gasteiger partial charge in [-0.05, 0) is 42.9 Å². The number of benzene rings is 1. The Morgan fingerprint density at radius 2 is 1.76 bits per heavy atom. The number of ether oxygens (including phenoxy) is 2. The molecule has 0 bridgehead atoms. The van der Waals surface area contributed by atoms with Crippen molar-refractivity contribution in [3.63, 3.8) is 0 Å². The molecule has 0 saturated carbocycles. The first-order valence-electron chi connectivity index (χ1n) is 6.53. The van der Waals surface area contributed by atoms with Gasteiger partial charge in [0, 0.05) is 13.2 Å². The van der Waals surface area contributed by atoms with Gasteiger partial charge in [-0.1, -0.05) is 26.0 Å². The van der Waals surface area contributed by atoms with Crippen LogP contribution in [-0.2, 0) is 4.74 Å². The Bertz CT molecular complexity index is 292. The first kappa shape index (κ1) is 14.0. The number of rotatable bonds is 8. The molecule has 0 saturated heterocycles. The normalized spacial score (nSPS) is 12.4. The van der Waals surface area contributed by atoms with Crippen molar-refractivity contribution in [1.82, 2.24) is 0 Å². The molecular formula is C15H24O2. The Morgan fingerprint density at radius 3 is 2.29 bits per heavy atom. The van der Waals surface area contributed by atoms with Crippen LogP contribution < -0.4 is 4.74 Å². The van der Waals surface area contributed by atoms with Gasteiger partial charge < -0.3 is 9.47 Å². The summed E-state index contributed by atoms with van der Waals surface area (Å²) in [7, 11) is 1.70. The van der Waals surface area contributed by atoms with E-state index >= 15 is 0 Å². The fourth-order valence-electron chi connectivity index (χ4n) is 1.95. The van der Waals surface area contributed by atoms with Crippen LogP contribution in [-0.4, -0.2) is 20.3 Å². The molecule has 1 aromatic rings. The summed E-state index contributed by atoms with van der Waals surface area (Å²) in [4.78, 5) is 0. The van der Waals surface area contributed by atoms with Crippen molar-refractivity contribution in [3.05, 3.63) is 29.8 Å². The Morgan fingerprint density at radius 1 is 1.06 bits per heavy atom. The second kappa shape index (κ2) is 8.13. The Hall–Kier alpha value is -1.02. The van der Waals surface area contributed by atoms with E-state index in [-0.39, 0.29) is 0 Å². The summed E-state index contributed by atoms with van der Waals surface area (Å²) < 4.78 is 10.7. The van der Waals surface area contributed by atoms with Crippen molar-refractivity contribution < 1.29 is 9.47 Å². The molecule has 0 aliphatic rings. The highest BCUT2D eigenvalue weighted by Gasteiger charge is 2.09. The fourth-order valence-corrected chi connectivity index (χ4v) is 1.95. The predicted octanol–water partition coefficient (Wildman–Crippen LogP) is 4.01. The highest BCUT2D eigenvalue weighted by Crippen LogP contribution is 2.25. The largest absolute Gasteiger partial charge is 0.497 e. The number of methoxy groups -OCH3 is 1. The molecule has 0 heterocycles. The maximum atomic E-state index is 5.56. The van der Waals surface area contributed by atoms with Crippen LogP contribution >= 0.6 is 0 Å². The van der Waals surface area contributed by atoms with Crippen LogP contribution in [0.3, 0.4) is 0 Å². The van der Waals surface area contributed by atoms with Gasteiger partial charge in [0.15, 0.2) is 0 Å². The molecular weight excluding hydrogens is 212 g/mol. The molecule has 0 N–H and O–H groups in total. The molecule has 0 amide bonds. The summed E-state index contributed by atoms with van der Waals surface area (Å²) in [6.07, 6.45) is 3.35. The van der Waals surface area contributed by atoms with Crippen molar-refractivity contribution in [3.8, 4) is 5.75 Å². The van der Waals surface area contributed by atoms with Gasteiger partial charge in [0.2, 0.25) is 0 Å². The van der Waals surface area contributed by atoms with Gasteiger partial charge in [-0.25, -0.2) is 0 Å². The molecule has 1 atom stereocenters. The molecule has 0 radical (unpaired) electrons. The van der Waals surface area contributed by atoms with E-state index in [9.17, 15) is 0 Å². The highest BCUT2D eigenvalue weighted by molar-refractivity contribution is 5.29. The molecule has 1 rings (SSSR count). The van der Waals surface area contributed by atoms with E-state index in [1.54, 1.807) is 7.11 Å². The van der Waals surface area contributed by atoms with Crippen molar-refractivity contribution in [2.75, 3.05) is 20.3 Å². The maximum absolute atomic E-state index is 5.56. The zero-order valence-electron chi connectivity index (χ0n) is 11.2. The van der Waals surface area contributed by atoms with Gasteiger partial charge in [-0.15, -0.1) is 0 Å². The Kier molecular flexibility index (Phi) is 6.71. The molecule has 0 aliphatic heterocycles. The van der Waals surface area contributed by atoms with Crippen LogP contribution in [0.25, 0.3) is 0 Å². The zero-order valence-corrected chi connectivity index (χ0v) is 11.2. The van der Waals surface area contributed by atoms with Gasteiger partial charge in [0.05, 0.1) is 7.11 Å². The third kappa shape index (κ3) is 4.78. The van der Waals surface area contributed by atoms with E-state index in [0.717, 1.165) is 38.2 Å². The summed E-state index contributed by atoms with van der Waals surface area (Å²) in [5, 5.41) is 0. The maximum Gasteiger partial charge on any atom is 0.118 e. The van der Waals surface area contributed by atoms with E-state index in [1.165, 1.54) is 5.56 Å². The van der Waals surface area contributed by atoms with Gasteiger partial charge in [-0.2, -0.15) is 0 Å². The predicted molar refractivity (Wildman–Crippen MR) is 71.8 cm³/mol. The molecule has 17 heavy (non-hydrogen) atoms. The fraction of sp³-hybridized carbons (Fsp3) is 0.600. The average molecular weight is 236 g/mol. The van der Waals surface area contributed by atoms with E-state index in [2.05, 4.69) is 26.0 Å². The van der Waals surface area contributed by atoms with Crippen molar-refractivity contribution in [1.29, 1.82) is 0 Å². The lowest BCUT2D eigenvalue weighted by atomic mass is 9.93. The zero-order chi connectivity index (χ0) is 12.5. The lowest BCUT2D eigenvalue weighted by molar-refractivity contribution is 0.127. The van der Waals surface area contributed by atoms with E-state index in [1.807, 2.05) is 12.1 Å². The summed E-state index contributed by atoms with van der Waals surface area (Å²) >= 11 is 0. The minimum atomic E-state index is 0.595. The molecule has 0 fully saturated rings. The van der Waals surface area contributed by atoms with Crippen LogP contribution in [0.4, 0.5) is 0 Å². The van der Waals surface area contributed by atoms with Crippen LogP contribution in [0.5, 0.6) is 5.75 Å². The smallest absolute Gasteiger partial charge is 0.118 e. The van der Waals surface area contributed by atoms with E-state index < -0.39 is 0 Å². The van der Waals surface area contributed by atoms with Gasteiger partial charge >= 0.3 is 0 Å². The third-order valence-electron chi connectivity index (χ3n) is 3.04. The van der Waals surface area contributed by atoms with Gasteiger partial charge in [0.1, 0.15) is 5.75 Å². The highest BCUT2D eigenvalue weighted by atomic mass is 16.5. The summed E-state index contributed by atoms with van der Waals surface area (Å²) in [6, 6.07) is 8.38. The van der Waals surface area contributed by atoms with Crippen molar-refractivity contribution in [2.45, 2.75) is 39.0 Å². The van der Waals surface area contributed by atoms with E-state index in [0.29, 0.717) is 5.92 Å². The molecule has 0 spiro atoms. The molecule has 2 heteroatoms. The summed E-state index contributed by atoms with van der Waals surface area (Å²) in [6.45, 7) is 6.10. The third-order valence-corrected chi connectivity index (χ3v) is 3.04. The monoisotopic (exact) mass is 236 g/mol. The molecule has 1 unspecified atom stereocenters. The molecule has 2 nitrogen and oxygen atoms in total. The van der Waals surface area contributed by atoms with Crippen LogP contribution in [0, 0.1) is 0 Å². The first-order valence-corrected chi connectivity index (χ1v) is 6.53. The lowest BCUT2D eigenvalue weighted by Crippen LogP contribution is -2.04. The number of hydrogen-bond acceptors (Lipinski definition) is 2. The molecule has 0 aromatic heterocycles. The van der Waals surface area contributed by atoms with Crippen LogP contribution in [0.15, 0.2) is 24.3 Å². The minimum Gasteiger partial charge on any atom is -0.497 e. The summed E-state index contributed by atoms with van der Waals surface area (Å²) in [5.41, 5.74) is 1.38. The summed E-state index contributed by atoms with van der Waals surface area (Å²) in [5.74, 6) is 1.52. The topological polar surface area (TPSA) is 18.5 Å². The second-order valence-electron chi connectivity index (χ2n) is 4.28.